The zero-order valence-electron chi connectivity index (χ0n) is 14.8. The Kier molecular flexibility index (Phi) is 4.22. The summed E-state index contributed by atoms with van der Waals surface area (Å²) in [4.78, 5) is 0. The Morgan fingerprint density at radius 2 is 1.67 bits per heavy atom. The van der Waals surface area contributed by atoms with Crippen LogP contribution in [0.15, 0.2) is 36.4 Å². The van der Waals surface area contributed by atoms with E-state index < -0.39 is 0 Å². The van der Waals surface area contributed by atoms with Gasteiger partial charge in [-0.05, 0) is 64.8 Å². The number of hydrogen-bond acceptors (Lipinski definition) is 5. The SMILES string of the molecule is CC1(C)CC(Nc2ccc(-c3ccccc3O)nn2)CC(C)(C)N1. The van der Waals surface area contributed by atoms with E-state index in [-0.39, 0.29) is 16.8 Å². The molecule has 0 bridgehead atoms. The standard InChI is InChI=1S/C19H26N4O/c1-18(2)11-13(12-19(3,4)23-18)20-17-10-9-15(21-22-17)14-7-5-6-8-16(14)24/h5-10,13,23-24H,11-12H2,1-4H3,(H,20,22). The van der Waals surface area contributed by atoms with Gasteiger partial charge >= 0.3 is 0 Å². The van der Waals surface area contributed by atoms with Crippen molar-refractivity contribution in [2.24, 2.45) is 0 Å². The Hall–Kier alpha value is -2.14. The fourth-order valence-electron chi connectivity index (χ4n) is 3.88. The van der Waals surface area contributed by atoms with E-state index in [1.54, 1.807) is 12.1 Å². The minimum Gasteiger partial charge on any atom is -0.507 e. The van der Waals surface area contributed by atoms with E-state index in [1.807, 2.05) is 24.3 Å². The molecule has 5 nitrogen and oxygen atoms in total. The van der Waals surface area contributed by atoms with E-state index in [0.29, 0.717) is 17.3 Å². The van der Waals surface area contributed by atoms with Crippen LogP contribution in [0.4, 0.5) is 5.82 Å². The Labute approximate surface area is 143 Å². The lowest BCUT2D eigenvalue weighted by atomic mass is 9.79. The van der Waals surface area contributed by atoms with E-state index in [4.69, 9.17) is 0 Å². The van der Waals surface area contributed by atoms with Crippen LogP contribution >= 0.6 is 0 Å². The molecule has 0 atom stereocenters. The summed E-state index contributed by atoms with van der Waals surface area (Å²) in [5.74, 6) is 0.988. The second-order valence-electron chi connectivity index (χ2n) is 7.96. The molecule has 1 saturated heterocycles. The van der Waals surface area contributed by atoms with Gasteiger partial charge in [0.1, 0.15) is 11.6 Å². The van der Waals surface area contributed by atoms with Crippen molar-refractivity contribution in [3.63, 3.8) is 0 Å². The van der Waals surface area contributed by atoms with Gasteiger partial charge < -0.3 is 15.7 Å². The molecule has 2 heterocycles. The topological polar surface area (TPSA) is 70.1 Å². The molecule has 2 aromatic rings. The number of anilines is 1. The van der Waals surface area contributed by atoms with E-state index in [1.165, 1.54) is 0 Å². The molecule has 0 aliphatic carbocycles. The van der Waals surface area contributed by atoms with Crippen LogP contribution < -0.4 is 10.6 Å². The maximum atomic E-state index is 9.92. The molecule has 1 aliphatic rings. The van der Waals surface area contributed by atoms with Crippen molar-refractivity contribution >= 4 is 5.82 Å². The van der Waals surface area contributed by atoms with E-state index in [0.717, 1.165) is 18.7 Å². The number of nitrogens with zero attached hydrogens (tertiary/aromatic N) is 2. The van der Waals surface area contributed by atoms with E-state index >= 15 is 0 Å². The van der Waals surface area contributed by atoms with Gasteiger partial charge in [-0.15, -0.1) is 10.2 Å². The largest absolute Gasteiger partial charge is 0.507 e. The zero-order chi connectivity index (χ0) is 17.4. The monoisotopic (exact) mass is 326 g/mol. The van der Waals surface area contributed by atoms with Crippen molar-refractivity contribution in [3.8, 4) is 17.0 Å². The summed E-state index contributed by atoms with van der Waals surface area (Å²) in [6.07, 6.45) is 2.05. The highest BCUT2D eigenvalue weighted by Gasteiger charge is 2.37. The highest BCUT2D eigenvalue weighted by atomic mass is 16.3. The average Bonchev–Trinajstić information content (AvgIpc) is 2.45. The Morgan fingerprint density at radius 3 is 2.25 bits per heavy atom. The number of aromatic nitrogens is 2. The fraction of sp³-hybridized carbons (Fsp3) is 0.474. The first-order valence-corrected chi connectivity index (χ1v) is 8.42. The van der Waals surface area contributed by atoms with Crippen LogP contribution in [0.5, 0.6) is 5.75 Å². The Bertz CT molecular complexity index is 694. The van der Waals surface area contributed by atoms with E-state index in [2.05, 4.69) is 48.5 Å². The molecule has 3 rings (SSSR count). The summed E-state index contributed by atoms with van der Waals surface area (Å²) in [6.45, 7) is 8.93. The molecule has 24 heavy (non-hydrogen) atoms. The highest BCUT2D eigenvalue weighted by Crippen LogP contribution is 2.31. The maximum absolute atomic E-state index is 9.92. The quantitative estimate of drug-likeness (QED) is 0.804. The Morgan fingerprint density at radius 1 is 1.00 bits per heavy atom. The summed E-state index contributed by atoms with van der Waals surface area (Å²) >= 11 is 0. The number of rotatable bonds is 3. The lowest BCUT2D eigenvalue weighted by molar-refractivity contribution is 0.170. The van der Waals surface area contributed by atoms with Crippen molar-refractivity contribution in [1.82, 2.24) is 15.5 Å². The lowest BCUT2D eigenvalue weighted by Crippen LogP contribution is -2.60. The molecule has 0 saturated carbocycles. The molecule has 0 unspecified atom stereocenters. The van der Waals surface area contributed by atoms with Crippen LogP contribution in [0.25, 0.3) is 11.3 Å². The molecule has 0 radical (unpaired) electrons. The minimum atomic E-state index is 0.0859. The van der Waals surface area contributed by atoms with Crippen LogP contribution in [0, 0.1) is 0 Å². The zero-order valence-corrected chi connectivity index (χ0v) is 14.8. The van der Waals surface area contributed by atoms with Gasteiger partial charge in [0.25, 0.3) is 0 Å². The predicted molar refractivity (Wildman–Crippen MR) is 97.1 cm³/mol. The van der Waals surface area contributed by atoms with Gasteiger partial charge in [-0.2, -0.15) is 0 Å². The molecule has 128 valence electrons. The predicted octanol–water partition coefficient (Wildman–Crippen LogP) is 3.57. The van der Waals surface area contributed by atoms with Crippen molar-refractivity contribution in [2.75, 3.05) is 5.32 Å². The summed E-state index contributed by atoms with van der Waals surface area (Å²) in [7, 11) is 0. The second-order valence-corrected chi connectivity index (χ2v) is 7.96. The van der Waals surface area contributed by atoms with Crippen LogP contribution in [-0.2, 0) is 0 Å². The smallest absolute Gasteiger partial charge is 0.148 e. The third-order valence-electron chi connectivity index (χ3n) is 4.39. The van der Waals surface area contributed by atoms with Crippen LogP contribution in [0.2, 0.25) is 0 Å². The summed E-state index contributed by atoms with van der Waals surface area (Å²) in [6, 6.07) is 11.3. The van der Waals surface area contributed by atoms with Gasteiger partial charge in [-0.25, -0.2) is 0 Å². The first kappa shape index (κ1) is 16.7. The molecular formula is C19H26N4O. The third-order valence-corrected chi connectivity index (χ3v) is 4.39. The molecule has 3 N–H and O–H groups in total. The number of phenols is 1. The summed E-state index contributed by atoms with van der Waals surface area (Å²) in [5, 5.41) is 25.7. The first-order chi connectivity index (χ1) is 11.2. The van der Waals surface area contributed by atoms with Gasteiger partial charge in [0.05, 0.1) is 5.69 Å². The van der Waals surface area contributed by atoms with Gasteiger partial charge in [-0.3, -0.25) is 0 Å². The molecule has 1 fully saturated rings. The van der Waals surface area contributed by atoms with Crippen LogP contribution in [0.1, 0.15) is 40.5 Å². The maximum Gasteiger partial charge on any atom is 0.148 e. The number of hydrogen-bond donors (Lipinski definition) is 3. The molecule has 1 aromatic heterocycles. The Balaban J connectivity index is 1.74. The molecule has 0 amide bonds. The summed E-state index contributed by atoms with van der Waals surface area (Å²) < 4.78 is 0. The second kappa shape index (κ2) is 6.06. The average molecular weight is 326 g/mol. The van der Waals surface area contributed by atoms with Gasteiger partial charge in [-0.1, -0.05) is 12.1 Å². The number of phenolic OH excluding ortho intramolecular Hbond substituents is 1. The first-order valence-electron chi connectivity index (χ1n) is 8.42. The third kappa shape index (κ3) is 3.85. The molecule has 0 spiro atoms. The summed E-state index contributed by atoms with van der Waals surface area (Å²) in [5.41, 5.74) is 1.54. The molecular weight excluding hydrogens is 300 g/mol. The van der Waals surface area contributed by atoms with Gasteiger partial charge in [0, 0.05) is 22.7 Å². The van der Waals surface area contributed by atoms with Crippen molar-refractivity contribution in [3.05, 3.63) is 36.4 Å². The van der Waals surface area contributed by atoms with Crippen molar-refractivity contribution in [1.29, 1.82) is 0 Å². The molecule has 1 aromatic carbocycles. The number of para-hydroxylation sites is 1. The molecule has 5 heteroatoms. The van der Waals surface area contributed by atoms with Gasteiger partial charge in [0.15, 0.2) is 0 Å². The normalized spacial score (nSPS) is 19.8. The van der Waals surface area contributed by atoms with Crippen LogP contribution in [-0.4, -0.2) is 32.4 Å². The minimum absolute atomic E-state index is 0.0859. The number of piperidine rings is 1. The molecule has 1 aliphatic heterocycles. The number of benzene rings is 1. The van der Waals surface area contributed by atoms with E-state index in [9.17, 15) is 5.11 Å². The fourth-order valence-corrected chi connectivity index (χ4v) is 3.88. The van der Waals surface area contributed by atoms with Crippen molar-refractivity contribution < 1.29 is 5.11 Å². The van der Waals surface area contributed by atoms with Gasteiger partial charge in [0.2, 0.25) is 0 Å². The lowest BCUT2D eigenvalue weighted by Gasteiger charge is -2.46. The number of nitrogens with one attached hydrogen (secondary N) is 2. The number of aromatic hydroxyl groups is 1. The highest BCUT2D eigenvalue weighted by molar-refractivity contribution is 5.66. The van der Waals surface area contributed by atoms with Crippen molar-refractivity contribution in [2.45, 2.75) is 57.7 Å². The van der Waals surface area contributed by atoms with Crippen LogP contribution in [0.3, 0.4) is 0 Å².